The quantitative estimate of drug-likeness (QED) is 0.384. The van der Waals surface area contributed by atoms with Crippen molar-refractivity contribution in [2.24, 2.45) is 11.7 Å². The Morgan fingerprint density at radius 1 is 1.12 bits per heavy atom. The van der Waals surface area contributed by atoms with E-state index >= 15 is 0 Å². The van der Waals surface area contributed by atoms with Gasteiger partial charge in [0.25, 0.3) is 0 Å². The number of hydrogen-bond acceptors (Lipinski definition) is 5. The second-order valence-corrected chi connectivity index (χ2v) is 8.21. The molecule has 1 heterocycles. The first-order valence-electron chi connectivity index (χ1n) is 10.2. The smallest absolute Gasteiger partial charge is 0.368 e. The molecule has 1 aromatic heterocycles. The fourth-order valence-electron chi connectivity index (χ4n) is 3.21. The molecule has 0 fully saturated rings. The number of nitrogens with two attached hydrogens (primary N) is 1. The third-order valence-corrected chi connectivity index (χ3v) is 5.09. The van der Waals surface area contributed by atoms with Crippen molar-refractivity contribution in [2.75, 3.05) is 10.6 Å². The van der Waals surface area contributed by atoms with E-state index in [9.17, 15) is 22.8 Å². The predicted octanol–water partition coefficient (Wildman–Crippen LogP) is 4.55. The summed E-state index contributed by atoms with van der Waals surface area (Å²) in [5.41, 5.74) is 4.51. The number of nitrogens with one attached hydrogen (secondary N) is 3. The van der Waals surface area contributed by atoms with E-state index in [-0.39, 0.29) is 23.3 Å². The van der Waals surface area contributed by atoms with E-state index in [0.29, 0.717) is 16.7 Å². The van der Waals surface area contributed by atoms with Crippen molar-refractivity contribution < 1.29 is 22.8 Å². The number of aromatic nitrogens is 2. The minimum absolute atomic E-state index is 0.112. The van der Waals surface area contributed by atoms with Crippen molar-refractivity contribution in [3.05, 3.63) is 58.9 Å². The number of alkyl halides is 3. The van der Waals surface area contributed by atoms with Crippen molar-refractivity contribution in [3.63, 3.8) is 0 Å². The summed E-state index contributed by atoms with van der Waals surface area (Å²) in [5.74, 6) is -0.159. The number of carbonyl (C=O) groups is 2. The van der Waals surface area contributed by atoms with Crippen LogP contribution in [0.15, 0.2) is 42.5 Å². The molecule has 0 saturated heterocycles. The lowest BCUT2D eigenvalue weighted by atomic mass is 10.0. The lowest BCUT2D eigenvalue weighted by molar-refractivity contribution is -0.136. The monoisotopic (exact) mass is 494 g/mol. The molecule has 0 aliphatic carbocycles. The molecule has 8 nitrogen and oxygen atoms in total. The molecule has 0 unspecified atom stereocenters. The topological polar surface area (TPSA) is 122 Å². The summed E-state index contributed by atoms with van der Waals surface area (Å²) in [6.07, 6.45) is -4.71. The minimum Gasteiger partial charge on any atom is -0.368 e. The van der Waals surface area contributed by atoms with Gasteiger partial charge in [0.1, 0.15) is 11.9 Å². The largest absolute Gasteiger partial charge is 0.418 e. The highest BCUT2D eigenvalue weighted by molar-refractivity contribution is 6.30. The van der Waals surface area contributed by atoms with E-state index in [4.69, 9.17) is 17.3 Å². The van der Waals surface area contributed by atoms with Crippen LogP contribution in [0.2, 0.25) is 5.02 Å². The standard InChI is InChI=1S/C22H22ClF3N6O2/c1-11(2)18(19(27)33)32-20-13-5-3-4-6-15(13)29-17(31-20)10-28-21(34)30-16-8-7-12(23)9-14(16)22(24,25)26/h3-9,11,18H,10H2,1-2H3,(H2,27,33)(H2,28,30,34)(H,29,31,32)/t18-/m0/s1. The lowest BCUT2D eigenvalue weighted by Gasteiger charge is -2.21. The van der Waals surface area contributed by atoms with Gasteiger partial charge in [-0.1, -0.05) is 37.6 Å². The van der Waals surface area contributed by atoms with Crippen LogP contribution in [0.5, 0.6) is 0 Å². The Bertz CT molecular complexity index is 1220. The molecule has 180 valence electrons. The Kier molecular flexibility index (Phi) is 7.45. The Morgan fingerprint density at radius 2 is 1.82 bits per heavy atom. The van der Waals surface area contributed by atoms with Gasteiger partial charge in [0, 0.05) is 10.4 Å². The van der Waals surface area contributed by atoms with E-state index in [1.807, 2.05) is 13.8 Å². The molecule has 0 spiro atoms. The fourth-order valence-corrected chi connectivity index (χ4v) is 3.39. The summed E-state index contributed by atoms with van der Waals surface area (Å²) in [5, 5.41) is 8.16. The first-order chi connectivity index (χ1) is 16.0. The number of anilines is 2. The molecule has 3 amide bonds. The number of hydrogen-bond donors (Lipinski definition) is 4. The van der Waals surface area contributed by atoms with Crippen LogP contribution >= 0.6 is 11.6 Å². The highest BCUT2D eigenvalue weighted by Crippen LogP contribution is 2.36. The number of urea groups is 1. The first kappa shape index (κ1) is 25.0. The number of para-hydroxylation sites is 1. The normalized spacial score (nSPS) is 12.4. The summed E-state index contributed by atoms with van der Waals surface area (Å²) in [6.45, 7) is 3.46. The van der Waals surface area contributed by atoms with E-state index in [1.54, 1.807) is 24.3 Å². The summed E-state index contributed by atoms with van der Waals surface area (Å²) >= 11 is 5.66. The van der Waals surface area contributed by atoms with Crippen molar-refractivity contribution in [2.45, 2.75) is 32.6 Å². The molecule has 0 aliphatic rings. The van der Waals surface area contributed by atoms with Crippen molar-refractivity contribution in [1.29, 1.82) is 0 Å². The Morgan fingerprint density at radius 3 is 2.47 bits per heavy atom. The number of benzene rings is 2. The SMILES string of the molecule is CC(C)[C@H](Nc1nc(CNC(=O)Nc2ccc(Cl)cc2C(F)(F)F)nc2ccccc12)C(N)=O. The van der Waals surface area contributed by atoms with Crippen LogP contribution < -0.4 is 21.7 Å². The molecule has 34 heavy (non-hydrogen) atoms. The molecule has 1 atom stereocenters. The number of nitrogens with zero attached hydrogens (tertiary/aromatic N) is 2. The minimum atomic E-state index is -4.71. The van der Waals surface area contributed by atoms with E-state index in [0.717, 1.165) is 12.1 Å². The molecule has 0 saturated carbocycles. The molecule has 3 aromatic rings. The van der Waals surface area contributed by atoms with E-state index < -0.39 is 35.4 Å². The zero-order chi connectivity index (χ0) is 25.0. The molecule has 0 radical (unpaired) electrons. The van der Waals surface area contributed by atoms with Crippen molar-refractivity contribution in [1.82, 2.24) is 15.3 Å². The molecular formula is C22H22ClF3N6O2. The molecule has 3 rings (SSSR count). The van der Waals surface area contributed by atoms with E-state index in [1.165, 1.54) is 6.07 Å². The number of fused-ring (bicyclic) bond motifs is 1. The maximum atomic E-state index is 13.2. The zero-order valence-electron chi connectivity index (χ0n) is 18.2. The van der Waals surface area contributed by atoms with Crippen LogP contribution in [-0.4, -0.2) is 27.9 Å². The van der Waals surface area contributed by atoms with Crippen LogP contribution in [0.4, 0.5) is 29.5 Å². The number of rotatable bonds is 7. The predicted molar refractivity (Wildman–Crippen MR) is 123 cm³/mol. The molecule has 0 bridgehead atoms. The highest BCUT2D eigenvalue weighted by atomic mass is 35.5. The van der Waals surface area contributed by atoms with Gasteiger partial charge in [-0.15, -0.1) is 0 Å². The average Bonchev–Trinajstić information content (AvgIpc) is 2.76. The van der Waals surface area contributed by atoms with Gasteiger partial charge < -0.3 is 21.7 Å². The molecule has 12 heteroatoms. The maximum absolute atomic E-state index is 13.2. The van der Waals surface area contributed by atoms with Gasteiger partial charge in [-0.05, 0) is 36.2 Å². The second-order valence-electron chi connectivity index (χ2n) is 7.77. The Hall–Kier alpha value is -3.60. The first-order valence-corrected chi connectivity index (χ1v) is 10.6. The number of carbonyl (C=O) groups excluding carboxylic acids is 2. The Labute approximate surface area is 198 Å². The van der Waals surface area contributed by atoms with E-state index in [2.05, 4.69) is 25.9 Å². The van der Waals surface area contributed by atoms with Gasteiger partial charge in [0.05, 0.1) is 23.3 Å². The molecule has 0 aliphatic heterocycles. The van der Waals surface area contributed by atoms with Crippen molar-refractivity contribution in [3.8, 4) is 0 Å². The van der Waals surface area contributed by atoms with Crippen LogP contribution in [0.3, 0.4) is 0 Å². The highest BCUT2D eigenvalue weighted by Gasteiger charge is 2.34. The number of halogens is 4. The van der Waals surface area contributed by atoms with Gasteiger partial charge in [0.2, 0.25) is 5.91 Å². The maximum Gasteiger partial charge on any atom is 0.418 e. The van der Waals surface area contributed by atoms with Crippen LogP contribution in [-0.2, 0) is 17.5 Å². The van der Waals surface area contributed by atoms with Gasteiger partial charge in [-0.25, -0.2) is 14.8 Å². The van der Waals surface area contributed by atoms with Gasteiger partial charge in [-0.2, -0.15) is 13.2 Å². The molecular weight excluding hydrogens is 473 g/mol. The van der Waals surface area contributed by atoms with Crippen LogP contribution in [0.1, 0.15) is 25.2 Å². The van der Waals surface area contributed by atoms with Gasteiger partial charge >= 0.3 is 12.2 Å². The van der Waals surface area contributed by atoms with Crippen LogP contribution in [0, 0.1) is 5.92 Å². The van der Waals surface area contributed by atoms with Crippen LogP contribution in [0.25, 0.3) is 10.9 Å². The lowest BCUT2D eigenvalue weighted by Crippen LogP contribution is -2.40. The average molecular weight is 495 g/mol. The Balaban J connectivity index is 1.81. The fraction of sp³-hybridized carbons (Fsp3) is 0.273. The number of primary amides is 1. The third-order valence-electron chi connectivity index (χ3n) is 4.86. The molecule has 5 N–H and O–H groups in total. The van der Waals surface area contributed by atoms with Gasteiger partial charge in [-0.3, -0.25) is 4.79 Å². The third kappa shape index (κ3) is 6.04. The number of amides is 3. The summed E-state index contributed by atoms with van der Waals surface area (Å²) in [6, 6.07) is 8.46. The van der Waals surface area contributed by atoms with Gasteiger partial charge in [0.15, 0.2) is 5.82 Å². The summed E-state index contributed by atoms with van der Waals surface area (Å²) in [4.78, 5) is 32.9. The second kappa shape index (κ2) is 10.1. The molecule has 2 aromatic carbocycles. The van der Waals surface area contributed by atoms with Crippen molar-refractivity contribution >= 4 is 45.9 Å². The summed E-state index contributed by atoms with van der Waals surface area (Å²) in [7, 11) is 0. The summed E-state index contributed by atoms with van der Waals surface area (Å²) < 4.78 is 39.7. The zero-order valence-corrected chi connectivity index (χ0v) is 19.0.